The van der Waals surface area contributed by atoms with Gasteiger partial charge in [-0.15, -0.1) is 11.6 Å². The van der Waals surface area contributed by atoms with Crippen molar-refractivity contribution in [3.05, 3.63) is 24.3 Å². The van der Waals surface area contributed by atoms with E-state index in [1.54, 1.807) is 24.3 Å². The van der Waals surface area contributed by atoms with Crippen LogP contribution < -0.4 is 10.6 Å². The molecule has 1 aromatic carbocycles. The molecular formula is C15H21ClN2O2. The summed E-state index contributed by atoms with van der Waals surface area (Å²) in [6.45, 7) is 5.54. The number of anilines is 2. The molecule has 0 unspecified atom stereocenters. The summed E-state index contributed by atoms with van der Waals surface area (Å²) in [6.07, 6.45) is 1.04. The Morgan fingerprint density at radius 1 is 1.15 bits per heavy atom. The summed E-state index contributed by atoms with van der Waals surface area (Å²) in [6, 6.07) is 7.10. The normalized spacial score (nSPS) is 11.0. The number of carbonyl (C=O) groups is 2. The zero-order valence-corrected chi connectivity index (χ0v) is 12.9. The molecule has 110 valence electrons. The lowest BCUT2D eigenvalue weighted by Gasteiger charge is -2.18. The molecule has 0 heterocycles. The number of hydrogen-bond donors (Lipinski definition) is 2. The molecule has 20 heavy (non-hydrogen) atoms. The number of benzene rings is 1. The van der Waals surface area contributed by atoms with Crippen LogP contribution in [0.5, 0.6) is 0 Å². The molecule has 0 aliphatic rings. The average molecular weight is 297 g/mol. The van der Waals surface area contributed by atoms with E-state index in [9.17, 15) is 9.59 Å². The van der Waals surface area contributed by atoms with Crippen LogP contribution >= 0.6 is 11.6 Å². The van der Waals surface area contributed by atoms with E-state index in [1.165, 1.54) is 0 Å². The van der Waals surface area contributed by atoms with E-state index in [-0.39, 0.29) is 11.8 Å². The van der Waals surface area contributed by atoms with Crippen molar-refractivity contribution in [3.63, 3.8) is 0 Å². The molecule has 1 rings (SSSR count). The SMILES string of the molecule is CC(C)(C)C(=O)Nc1cccc(NC(=O)CCCCl)c1. The van der Waals surface area contributed by atoms with Crippen LogP contribution in [0.3, 0.4) is 0 Å². The lowest BCUT2D eigenvalue weighted by molar-refractivity contribution is -0.123. The van der Waals surface area contributed by atoms with Gasteiger partial charge in [0.25, 0.3) is 0 Å². The second kappa shape index (κ2) is 7.29. The fourth-order valence-corrected chi connectivity index (χ4v) is 1.58. The molecule has 0 bridgehead atoms. The van der Waals surface area contributed by atoms with Gasteiger partial charge in [-0.1, -0.05) is 26.8 Å². The fraction of sp³-hybridized carbons (Fsp3) is 0.467. The maximum absolute atomic E-state index is 11.9. The van der Waals surface area contributed by atoms with Crippen LogP contribution in [0.1, 0.15) is 33.6 Å². The van der Waals surface area contributed by atoms with E-state index >= 15 is 0 Å². The Kier molecular flexibility index (Phi) is 6.02. The Bertz CT molecular complexity index is 481. The van der Waals surface area contributed by atoms with Gasteiger partial charge < -0.3 is 10.6 Å². The van der Waals surface area contributed by atoms with Crippen LogP contribution in [0, 0.1) is 5.41 Å². The first-order valence-corrected chi connectivity index (χ1v) is 7.13. The van der Waals surface area contributed by atoms with Gasteiger partial charge in [0.05, 0.1) is 0 Å². The van der Waals surface area contributed by atoms with Crippen molar-refractivity contribution < 1.29 is 9.59 Å². The summed E-state index contributed by atoms with van der Waals surface area (Å²) in [7, 11) is 0. The van der Waals surface area contributed by atoms with Crippen LogP contribution in [0.25, 0.3) is 0 Å². The molecule has 0 radical (unpaired) electrons. The van der Waals surface area contributed by atoms with Gasteiger partial charge in [0, 0.05) is 29.1 Å². The molecule has 0 saturated heterocycles. The van der Waals surface area contributed by atoms with Crippen molar-refractivity contribution in [2.75, 3.05) is 16.5 Å². The second-order valence-electron chi connectivity index (χ2n) is 5.63. The number of carbonyl (C=O) groups excluding carboxylic acids is 2. The highest BCUT2D eigenvalue weighted by molar-refractivity contribution is 6.18. The maximum Gasteiger partial charge on any atom is 0.229 e. The van der Waals surface area contributed by atoms with Crippen molar-refractivity contribution >= 4 is 34.8 Å². The quantitative estimate of drug-likeness (QED) is 0.815. The molecular weight excluding hydrogens is 276 g/mol. The standard InChI is InChI=1S/C15H21ClN2O2/c1-15(2,3)14(20)18-12-7-4-6-11(10-12)17-13(19)8-5-9-16/h4,6-7,10H,5,8-9H2,1-3H3,(H,17,19)(H,18,20). The Morgan fingerprint density at radius 3 is 2.30 bits per heavy atom. The molecule has 5 heteroatoms. The van der Waals surface area contributed by atoms with Crippen LogP contribution in [0.4, 0.5) is 11.4 Å². The minimum atomic E-state index is -0.459. The molecule has 0 aliphatic heterocycles. The Morgan fingerprint density at radius 2 is 1.75 bits per heavy atom. The van der Waals surface area contributed by atoms with Crippen molar-refractivity contribution in [2.45, 2.75) is 33.6 Å². The van der Waals surface area contributed by atoms with E-state index in [1.807, 2.05) is 20.8 Å². The third-order valence-corrected chi connectivity index (χ3v) is 2.89. The summed E-state index contributed by atoms with van der Waals surface area (Å²) in [4.78, 5) is 23.5. The van der Waals surface area contributed by atoms with E-state index in [4.69, 9.17) is 11.6 Å². The summed E-state index contributed by atoms with van der Waals surface area (Å²) in [5.74, 6) is 0.322. The largest absolute Gasteiger partial charge is 0.326 e. The highest BCUT2D eigenvalue weighted by Gasteiger charge is 2.21. The molecule has 0 aliphatic carbocycles. The highest BCUT2D eigenvalue weighted by atomic mass is 35.5. The van der Waals surface area contributed by atoms with E-state index in [2.05, 4.69) is 10.6 Å². The molecule has 0 aromatic heterocycles. The summed E-state index contributed by atoms with van der Waals surface area (Å²) in [5.41, 5.74) is 0.871. The van der Waals surface area contributed by atoms with Gasteiger partial charge in [-0.25, -0.2) is 0 Å². The summed E-state index contributed by atoms with van der Waals surface area (Å²) in [5, 5.41) is 5.61. The molecule has 2 amide bonds. The van der Waals surface area contributed by atoms with E-state index in [0.29, 0.717) is 30.1 Å². The Balaban J connectivity index is 2.66. The van der Waals surface area contributed by atoms with Crippen molar-refractivity contribution in [1.29, 1.82) is 0 Å². The average Bonchev–Trinajstić information content (AvgIpc) is 2.35. The van der Waals surface area contributed by atoms with Gasteiger partial charge in [0.2, 0.25) is 11.8 Å². The van der Waals surface area contributed by atoms with Crippen LogP contribution in [0.15, 0.2) is 24.3 Å². The van der Waals surface area contributed by atoms with Gasteiger partial charge >= 0.3 is 0 Å². The number of nitrogens with one attached hydrogen (secondary N) is 2. The Labute approximate surface area is 124 Å². The summed E-state index contributed by atoms with van der Waals surface area (Å²) < 4.78 is 0. The topological polar surface area (TPSA) is 58.2 Å². The van der Waals surface area contributed by atoms with Crippen LogP contribution in [-0.2, 0) is 9.59 Å². The molecule has 0 spiro atoms. The second-order valence-corrected chi connectivity index (χ2v) is 6.00. The van der Waals surface area contributed by atoms with Gasteiger partial charge in [-0.2, -0.15) is 0 Å². The molecule has 0 atom stereocenters. The van der Waals surface area contributed by atoms with Crippen LogP contribution in [0.2, 0.25) is 0 Å². The molecule has 1 aromatic rings. The van der Waals surface area contributed by atoms with E-state index in [0.717, 1.165) is 0 Å². The smallest absolute Gasteiger partial charge is 0.229 e. The van der Waals surface area contributed by atoms with Gasteiger partial charge in [0.15, 0.2) is 0 Å². The predicted molar refractivity (Wildman–Crippen MR) is 83.1 cm³/mol. The van der Waals surface area contributed by atoms with E-state index < -0.39 is 5.41 Å². The fourth-order valence-electron chi connectivity index (χ4n) is 1.44. The van der Waals surface area contributed by atoms with Crippen molar-refractivity contribution in [2.24, 2.45) is 5.41 Å². The zero-order valence-electron chi connectivity index (χ0n) is 12.1. The zero-order chi connectivity index (χ0) is 15.2. The van der Waals surface area contributed by atoms with Gasteiger partial charge in [-0.05, 0) is 24.6 Å². The number of halogens is 1. The van der Waals surface area contributed by atoms with Crippen LogP contribution in [-0.4, -0.2) is 17.7 Å². The molecule has 2 N–H and O–H groups in total. The lowest BCUT2D eigenvalue weighted by atomic mass is 9.95. The molecule has 4 nitrogen and oxygen atoms in total. The van der Waals surface area contributed by atoms with Crippen molar-refractivity contribution in [3.8, 4) is 0 Å². The summed E-state index contributed by atoms with van der Waals surface area (Å²) >= 11 is 5.55. The number of rotatable bonds is 5. The lowest BCUT2D eigenvalue weighted by Crippen LogP contribution is -2.27. The van der Waals surface area contributed by atoms with Crippen molar-refractivity contribution in [1.82, 2.24) is 0 Å². The monoisotopic (exact) mass is 296 g/mol. The number of alkyl halides is 1. The third kappa shape index (κ3) is 5.61. The Hall–Kier alpha value is -1.55. The first kappa shape index (κ1) is 16.5. The third-order valence-electron chi connectivity index (χ3n) is 2.62. The maximum atomic E-state index is 11.9. The number of amides is 2. The first-order chi connectivity index (χ1) is 9.32. The first-order valence-electron chi connectivity index (χ1n) is 6.60. The molecule has 0 saturated carbocycles. The minimum Gasteiger partial charge on any atom is -0.326 e. The minimum absolute atomic E-state index is 0.0666. The number of hydrogen-bond acceptors (Lipinski definition) is 2. The molecule has 0 fully saturated rings. The predicted octanol–water partition coefficient (Wildman–Crippen LogP) is 3.63. The van der Waals surface area contributed by atoms with Gasteiger partial charge in [0.1, 0.15) is 0 Å². The van der Waals surface area contributed by atoms with Gasteiger partial charge in [-0.3, -0.25) is 9.59 Å². The highest BCUT2D eigenvalue weighted by Crippen LogP contribution is 2.20.